The van der Waals surface area contributed by atoms with Gasteiger partial charge in [-0.25, -0.2) is 9.37 Å². The molecule has 2 rings (SSSR count). The van der Waals surface area contributed by atoms with Crippen LogP contribution in [0.25, 0.3) is 0 Å². The average Bonchev–Trinajstić information content (AvgIpc) is 2.71. The van der Waals surface area contributed by atoms with Crippen LogP contribution in [0.4, 0.5) is 4.39 Å². The minimum Gasteiger partial charge on any atom is -0.318 e. The number of rotatable bonds is 2. The van der Waals surface area contributed by atoms with E-state index in [1.807, 2.05) is 6.07 Å². The van der Waals surface area contributed by atoms with E-state index in [0.717, 1.165) is 5.56 Å². The molecule has 0 unspecified atom stereocenters. The Labute approximate surface area is 96.7 Å². The van der Waals surface area contributed by atoms with Crippen molar-refractivity contribution in [2.75, 3.05) is 0 Å². The molecule has 0 aliphatic heterocycles. The van der Waals surface area contributed by atoms with Gasteiger partial charge in [0.15, 0.2) is 0 Å². The first kappa shape index (κ1) is 10.7. The number of hydrogen-bond donors (Lipinski definition) is 0. The molecule has 16 heavy (non-hydrogen) atoms. The zero-order chi connectivity index (χ0) is 11.5. The molecule has 1 aromatic heterocycles. The van der Waals surface area contributed by atoms with Crippen LogP contribution >= 0.6 is 11.6 Å². The SMILES string of the molecule is N#Cc1nccn1Cc1ccc(F)c(Cl)c1. The Kier molecular flexibility index (Phi) is 2.88. The van der Waals surface area contributed by atoms with Crippen molar-refractivity contribution in [3.63, 3.8) is 0 Å². The number of aromatic nitrogens is 2. The fourth-order valence-electron chi connectivity index (χ4n) is 1.38. The summed E-state index contributed by atoms with van der Waals surface area (Å²) in [5, 5.41) is 8.84. The topological polar surface area (TPSA) is 41.6 Å². The van der Waals surface area contributed by atoms with Gasteiger partial charge in [0.2, 0.25) is 5.82 Å². The van der Waals surface area contributed by atoms with Crippen LogP contribution in [-0.4, -0.2) is 9.55 Å². The maximum absolute atomic E-state index is 12.9. The maximum atomic E-state index is 12.9. The molecular formula is C11H7ClFN3. The van der Waals surface area contributed by atoms with E-state index in [9.17, 15) is 4.39 Å². The number of imidazole rings is 1. The van der Waals surface area contributed by atoms with Gasteiger partial charge in [0.1, 0.15) is 11.9 Å². The summed E-state index contributed by atoms with van der Waals surface area (Å²) in [5.74, 6) is -0.128. The van der Waals surface area contributed by atoms with Crippen LogP contribution in [0.1, 0.15) is 11.4 Å². The van der Waals surface area contributed by atoms with Crippen molar-refractivity contribution in [3.8, 4) is 6.07 Å². The van der Waals surface area contributed by atoms with Crippen molar-refractivity contribution in [1.82, 2.24) is 9.55 Å². The molecule has 0 fully saturated rings. The van der Waals surface area contributed by atoms with Gasteiger partial charge in [-0.05, 0) is 17.7 Å². The van der Waals surface area contributed by atoms with Crippen LogP contribution in [0, 0.1) is 17.1 Å². The first-order chi connectivity index (χ1) is 7.70. The summed E-state index contributed by atoms with van der Waals surface area (Å²) >= 11 is 5.66. The Balaban J connectivity index is 2.28. The third-order valence-electron chi connectivity index (χ3n) is 2.15. The first-order valence-corrected chi connectivity index (χ1v) is 4.93. The molecule has 5 heteroatoms. The highest BCUT2D eigenvalue weighted by atomic mass is 35.5. The second-order valence-electron chi connectivity index (χ2n) is 3.24. The van der Waals surface area contributed by atoms with Crippen molar-refractivity contribution >= 4 is 11.6 Å². The summed E-state index contributed by atoms with van der Waals surface area (Å²) in [5.41, 5.74) is 0.820. The molecule has 80 valence electrons. The highest BCUT2D eigenvalue weighted by molar-refractivity contribution is 6.30. The second kappa shape index (κ2) is 4.33. The second-order valence-corrected chi connectivity index (χ2v) is 3.65. The van der Waals surface area contributed by atoms with E-state index in [0.29, 0.717) is 12.4 Å². The van der Waals surface area contributed by atoms with Crippen molar-refractivity contribution in [1.29, 1.82) is 5.26 Å². The fraction of sp³-hybridized carbons (Fsp3) is 0.0909. The lowest BCUT2D eigenvalue weighted by Gasteiger charge is -2.04. The summed E-state index contributed by atoms with van der Waals surface area (Å²) < 4.78 is 14.6. The van der Waals surface area contributed by atoms with E-state index in [1.165, 1.54) is 12.1 Å². The molecule has 0 spiro atoms. The van der Waals surface area contributed by atoms with Gasteiger partial charge in [-0.3, -0.25) is 0 Å². The predicted octanol–water partition coefficient (Wildman–Crippen LogP) is 2.60. The zero-order valence-corrected chi connectivity index (χ0v) is 8.95. The molecule has 0 atom stereocenters. The molecule has 1 aromatic carbocycles. The number of halogens is 2. The van der Waals surface area contributed by atoms with Gasteiger partial charge >= 0.3 is 0 Å². The van der Waals surface area contributed by atoms with Crippen molar-refractivity contribution < 1.29 is 4.39 Å². The standard InChI is InChI=1S/C11H7ClFN3/c12-9-5-8(1-2-10(9)13)7-16-4-3-15-11(16)6-14/h1-5H,7H2. The summed E-state index contributed by atoms with van der Waals surface area (Å²) in [6, 6.07) is 6.44. The summed E-state index contributed by atoms with van der Waals surface area (Å²) in [4.78, 5) is 3.87. The van der Waals surface area contributed by atoms with Gasteiger partial charge in [0.05, 0.1) is 5.02 Å². The highest BCUT2D eigenvalue weighted by Crippen LogP contribution is 2.17. The molecule has 0 radical (unpaired) electrons. The lowest BCUT2D eigenvalue weighted by atomic mass is 10.2. The Morgan fingerprint density at radius 3 is 3.00 bits per heavy atom. The quantitative estimate of drug-likeness (QED) is 0.803. The number of hydrogen-bond acceptors (Lipinski definition) is 2. The third-order valence-corrected chi connectivity index (χ3v) is 2.44. The molecular weight excluding hydrogens is 229 g/mol. The third kappa shape index (κ3) is 2.05. The molecule has 0 saturated carbocycles. The van der Waals surface area contributed by atoms with Gasteiger partial charge in [-0.1, -0.05) is 17.7 Å². The Bertz CT molecular complexity index is 557. The highest BCUT2D eigenvalue weighted by Gasteiger charge is 2.04. The molecule has 0 N–H and O–H groups in total. The normalized spacial score (nSPS) is 10.1. The van der Waals surface area contributed by atoms with E-state index in [4.69, 9.17) is 16.9 Å². The predicted molar refractivity (Wildman–Crippen MR) is 57.5 cm³/mol. The van der Waals surface area contributed by atoms with Gasteiger partial charge in [-0.2, -0.15) is 5.26 Å². The molecule has 0 aliphatic carbocycles. The molecule has 0 amide bonds. The Hall–Kier alpha value is -1.86. The van der Waals surface area contributed by atoms with E-state index >= 15 is 0 Å². The van der Waals surface area contributed by atoms with Gasteiger partial charge in [-0.15, -0.1) is 0 Å². The van der Waals surface area contributed by atoms with Gasteiger partial charge in [0.25, 0.3) is 0 Å². The number of nitrogens with zero attached hydrogens (tertiary/aromatic N) is 3. The average molecular weight is 236 g/mol. The van der Waals surface area contributed by atoms with E-state index in [-0.39, 0.29) is 5.02 Å². The lowest BCUT2D eigenvalue weighted by molar-refractivity contribution is 0.626. The van der Waals surface area contributed by atoms with Gasteiger partial charge in [0, 0.05) is 18.9 Å². The largest absolute Gasteiger partial charge is 0.318 e. The molecule has 0 aliphatic rings. The number of nitriles is 1. The van der Waals surface area contributed by atoms with Crippen molar-refractivity contribution in [2.45, 2.75) is 6.54 Å². The van der Waals surface area contributed by atoms with E-state index in [1.54, 1.807) is 23.0 Å². The fourth-order valence-corrected chi connectivity index (χ4v) is 1.59. The van der Waals surface area contributed by atoms with Gasteiger partial charge < -0.3 is 4.57 Å². The minimum atomic E-state index is -0.448. The first-order valence-electron chi connectivity index (χ1n) is 4.56. The summed E-state index contributed by atoms with van der Waals surface area (Å²) in [7, 11) is 0. The molecule has 1 heterocycles. The van der Waals surface area contributed by atoms with Crippen LogP contribution in [0.2, 0.25) is 5.02 Å². The van der Waals surface area contributed by atoms with Crippen LogP contribution in [0.3, 0.4) is 0 Å². The molecule has 0 saturated heterocycles. The zero-order valence-electron chi connectivity index (χ0n) is 8.19. The van der Waals surface area contributed by atoms with Crippen molar-refractivity contribution in [3.05, 3.63) is 52.8 Å². The molecule has 2 aromatic rings. The van der Waals surface area contributed by atoms with Crippen LogP contribution in [-0.2, 0) is 6.54 Å². The Morgan fingerprint density at radius 1 is 1.50 bits per heavy atom. The molecule has 3 nitrogen and oxygen atoms in total. The lowest BCUT2D eigenvalue weighted by Crippen LogP contribution is -2.01. The number of benzene rings is 1. The summed E-state index contributed by atoms with van der Waals surface area (Å²) in [6.45, 7) is 0.447. The molecule has 0 bridgehead atoms. The Morgan fingerprint density at radius 2 is 2.31 bits per heavy atom. The van der Waals surface area contributed by atoms with Crippen molar-refractivity contribution in [2.24, 2.45) is 0 Å². The van der Waals surface area contributed by atoms with Crippen LogP contribution in [0.5, 0.6) is 0 Å². The smallest absolute Gasteiger partial charge is 0.213 e. The maximum Gasteiger partial charge on any atom is 0.213 e. The monoisotopic (exact) mass is 235 g/mol. The van der Waals surface area contributed by atoms with E-state index in [2.05, 4.69) is 4.98 Å². The minimum absolute atomic E-state index is 0.0797. The van der Waals surface area contributed by atoms with Crippen LogP contribution < -0.4 is 0 Å². The summed E-state index contributed by atoms with van der Waals surface area (Å²) in [6.07, 6.45) is 3.24. The van der Waals surface area contributed by atoms with E-state index < -0.39 is 5.82 Å². The van der Waals surface area contributed by atoms with Crippen LogP contribution in [0.15, 0.2) is 30.6 Å².